The van der Waals surface area contributed by atoms with Gasteiger partial charge in [-0.2, -0.15) is 0 Å². The summed E-state index contributed by atoms with van der Waals surface area (Å²) in [6.45, 7) is 2.28. The molecule has 2 aliphatic rings. The molecule has 1 saturated heterocycles. The van der Waals surface area contributed by atoms with Crippen LogP contribution in [0.3, 0.4) is 0 Å². The summed E-state index contributed by atoms with van der Waals surface area (Å²) in [4.78, 5) is 37.3. The molecule has 25 heavy (non-hydrogen) atoms. The van der Waals surface area contributed by atoms with Gasteiger partial charge in [0.15, 0.2) is 0 Å². The highest BCUT2D eigenvalue weighted by molar-refractivity contribution is 5.89. The molecule has 6 nitrogen and oxygen atoms in total. The lowest BCUT2D eigenvalue weighted by Crippen LogP contribution is -2.40. The molecular formula is C19H20N4O2. The van der Waals surface area contributed by atoms with E-state index in [4.69, 9.17) is 0 Å². The lowest BCUT2D eigenvalue weighted by atomic mass is 10.0. The topological polar surface area (TPSA) is 66.4 Å². The first-order chi connectivity index (χ1) is 12.2. The zero-order chi connectivity index (χ0) is 17.2. The molecule has 1 fully saturated rings. The van der Waals surface area contributed by atoms with Crippen molar-refractivity contribution in [3.05, 3.63) is 59.7 Å². The van der Waals surface area contributed by atoms with Gasteiger partial charge in [0.2, 0.25) is 11.8 Å². The maximum absolute atomic E-state index is 12.9. The Morgan fingerprint density at radius 2 is 2.12 bits per heavy atom. The second-order valence-electron chi connectivity index (χ2n) is 6.66. The number of pyridine rings is 2. The molecule has 128 valence electrons. The van der Waals surface area contributed by atoms with E-state index in [9.17, 15) is 9.59 Å². The van der Waals surface area contributed by atoms with Crippen LogP contribution < -0.4 is 0 Å². The van der Waals surface area contributed by atoms with Crippen LogP contribution in [0.2, 0.25) is 0 Å². The van der Waals surface area contributed by atoms with Gasteiger partial charge in [-0.25, -0.2) is 0 Å². The molecule has 0 radical (unpaired) electrons. The van der Waals surface area contributed by atoms with Crippen molar-refractivity contribution in [3.8, 4) is 0 Å². The molecule has 0 unspecified atom stereocenters. The van der Waals surface area contributed by atoms with Crippen LogP contribution in [-0.2, 0) is 29.1 Å². The third-order valence-electron chi connectivity index (χ3n) is 4.94. The molecule has 4 heterocycles. The van der Waals surface area contributed by atoms with Gasteiger partial charge in [0.05, 0.1) is 5.92 Å². The van der Waals surface area contributed by atoms with Crippen molar-refractivity contribution >= 4 is 11.8 Å². The Balaban J connectivity index is 1.41. The third kappa shape index (κ3) is 3.24. The van der Waals surface area contributed by atoms with E-state index in [0.717, 1.165) is 23.2 Å². The van der Waals surface area contributed by atoms with E-state index in [1.807, 2.05) is 29.2 Å². The highest BCUT2D eigenvalue weighted by Crippen LogP contribution is 2.25. The van der Waals surface area contributed by atoms with Crippen molar-refractivity contribution < 1.29 is 9.59 Å². The first-order valence-electron chi connectivity index (χ1n) is 8.59. The molecule has 2 aliphatic heterocycles. The number of carbonyl (C=O) groups excluding carboxylic acids is 2. The number of amides is 2. The summed E-state index contributed by atoms with van der Waals surface area (Å²) in [7, 11) is 0. The van der Waals surface area contributed by atoms with Crippen LogP contribution in [0.4, 0.5) is 0 Å². The third-order valence-corrected chi connectivity index (χ3v) is 4.94. The maximum Gasteiger partial charge on any atom is 0.228 e. The average molecular weight is 336 g/mol. The predicted molar refractivity (Wildman–Crippen MR) is 91.1 cm³/mol. The van der Waals surface area contributed by atoms with Gasteiger partial charge < -0.3 is 9.80 Å². The van der Waals surface area contributed by atoms with Crippen LogP contribution in [0.1, 0.15) is 23.2 Å². The molecule has 0 spiro atoms. The molecule has 2 amide bonds. The molecule has 0 N–H and O–H groups in total. The van der Waals surface area contributed by atoms with Crippen molar-refractivity contribution in [1.29, 1.82) is 0 Å². The van der Waals surface area contributed by atoms with Crippen molar-refractivity contribution in [1.82, 2.24) is 19.8 Å². The molecule has 6 heteroatoms. The lowest BCUT2D eigenvalue weighted by Gasteiger charge is -2.30. The fraction of sp³-hybridized carbons (Fsp3) is 0.368. The highest BCUT2D eigenvalue weighted by atomic mass is 16.2. The molecule has 2 aromatic rings. The Labute approximate surface area is 146 Å². The summed E-state index contributed by atoms with van der Waals surface area (Å²) in [6, 6.07) is 7.74. The molecule has 0 bridgehead atoms. The Morgan fingerprint density at radius 1 is 1.24 bits per heavy atom. The summed E-state index contributed by atoms with van der Waals surface area (Å²) in [5.74, 6) is -0.125. The number of aromatic nitrogens is 2. The second-order valence-corrected chi connectivity index (χ2v) is 6.66. The number of rotatable bonds is 3. The largest absolute Gasteiger partial charge is 0.338 e. The highest BCUT2D eigenvalue weighted by Gasteiger charge is 2.37. The van der Waals surface area contributed by atoms with Crippen molar-refractivity contribution in [3.63, 3.8) is 0 Å². The lowest BCUT2D eigenvalue weighted by molar-refractivity contribution is -0.136. The zero-order valence-corrected chi connectivity index (χ0v) is 14.0. The van der Waals surface area contributed by atoms with Gasteiger partial charge in [0.25, 0.3) is 0 Å². The minimum atomic E-state index is -0.248. The summed E-state index contributed by atoms with van der Waals surface area (Å²) >= 11 is 0. The molecule has 1 atom stereocenters. The molecule has 2 aromatic heterocycles. The van der Waals surface area contributed by atoms with Gasteiger partial charge in [-0.15, -0.1) is 0 Å². The summed E-state index contributed by atoms with van der Waals surface area (Å²) in [5, 5.41) is 0. The normalized spacial score (nSPS) is 19.8. The fourth-order valence-electron chi connectivity index (χ4n) is 3.61. The number of fused-ring (bicyclic) bond motifs is 1. The SMILES string of the molecule is O=C1C[C@@H](C(=O)N2CCc3ncccc3C2)CN1Cc1cccnc1. The Hall–Kier alpha value is -2.76. The molecule has 4 rings (SSSR count). The van der Waals surface area contributed by atoms with Crippen LogP contribution in [-0.4, -0.2) is 44.7 Å². The number of hydrogen-bond acceptors (Lipinski definition) is 4. The monoisotopic (exact) mass is 336 g/mol. The van der Waals surface area contributed by atoms with Gasteiger partial charge in [-0.1, -0.05) is 12.1 Å². The molecular weight excluding hydrogens is 316 g/mol. The summed E-state index contributed by atoms with van der Waals surface area (Å²) in [5.41, 5.74) is 3.17. The van der Waals surface area contributed by atoms with Crippen LogP contribution in [0.25, 0.3) is 0 Å². The first kappa shape index (κ1) is 15.7. The van der Waals surface area contributed by atoms with Gasteiger partial charge in [-0.05, 0) is 23.3 Å². The number of likely N-dealkylation sites (tertiary alicyclic amines) is 1. The van der Waals surface area contributed by atoms with E-state index in [1.54, 1.807) is 23.5 Å². The van der Waals surface area contributed by atoms with E-state index in [2.05, 4.69) is 9.97 Å². The maximum atomic E-state index is 12.9. The smallest absolute Gasteiger partial charge is 0.228 e. The van der Waals surface area contributed by atoms with E-state index in [0.29, 0.717) is 32.6 Å². The fourth-order valence-corrected chi connectivity index (χ4v) is 3.61. The summed E-state index contributed by atoms with van der Waals surface area (Å²) < 4.78 is 0. The van der Waals surface area contributed by atoms with Gasteiger partial charge in [-0.3, -0.25) is 19.6 Å². The van der Waals surface area contributed by atoms with Crippen LogP contribution in [0.15, 0.2) is 42.9 Å². The second kappa shape index (κ2) is 6.63. The van der Waals surface area contributed by atoms with Crippen LogP contribution in [0, 0.1) is 5.92 Å². The number of hydrogen-bond donors (Lipinski definition) is 0. The first-order valence-corrected chi connectivity index (χ1v) is 8.59. The Kier molecular flexibility index (Phi) is 4.17. The standard InChI is InChI=1S/C19H20N4O2/c24-18-9-16(13-23(18)11-14-3-1-6-20-10-14)19(25)22-8-5-17-15(12-22)4-2-7-21-17/h1-4,6-7,10,16H,5,8-9,11-13H2/t16-/m1/s1. The van der Waals surface area contributed by atoms with E-state index >= 15 is 0 Å². The van der Waals surface area contributed by atoms with E-state index in [1.165, 1.54) is 0 Å². The summed E-state index contributed by atoms with van der Waals surface area (Å²) in [6.07, 6.45) is 6.35. The van der Waals surface area contributed by atoms with E-state index in [-0.39, 0.29) is 17.7 Å². The van der Waals surface area contributed by atoms with Crippen molar-refractivity contribution in [2.45, 2.75) is 25.9 Å². The van der Waals surface area contributed by atoms with Crippen LogP contribution >= 0.6 is 0 Å². The van der Waals surface area contributed by atoms with Gasteiger partial charge in [0, 0.05) is 63.3 Å². The minimum Gasteiger partial charge on any atom is -0.338 e. The number of nitrogens with zero attached hydrogens (tertiary/aromatic N) is 4. The quantitative estimate of drug-likeness (QED) is 0.850. The van der Waals surface area contributed by atoms with Crippen LogP contribution in [0.5, 0.6) is 0 Å². The molecule has 0 saturated carbocycles. The van der Waals surface area contributed by atoms with Gasteiger partial charge >= 0.3 is 0 Å². The predicted octanol–water partition coefficient (Wildman–Crippen LogP) is 1.41. The van der Waals surface area contributed by atoms with Gasteiger partial charge in [0.1, 0.15) is 0 Å². The Bertz CT molecular complexity index is 793. The Morgan fingerprint density at radius 3 is 2.96 bits per heavy atom. The minimum absolute atomic E-state index is 0.0429. The molecule has 0 aliphatic carbocycles. The average Bonchev–Trinajstić information content (AvgIpc) is 3.02. The van der Waals surface area contributed by atoms with Crippen molar-refractivity contribution in [2.75, 3.05) is 13.1 Å². The zero-order valence-electron chi connectivity index (χ0n) is 14.0. The van der Waals surface area contributed by atoms with Crippen molar-refractivity contribution in [2.24, 2.45) is 5.92 Å². The van der Waals surface area contributed by atoms with E-state index < -0.39 is 0 Å². The number of carbonyl (C=O) groups is 2. The molecule has 0 aromatic carbocycles.